The molecule has 0 saturated carbocycles. The Balaban J connectivity index is 2.43. The molecule has 1 atom stereocenters. The Kier molecular flexibility index (Phi) is 3.50. The van der Waals surface area contributed by atoms with Gasteiger partial charge in [-0.05, 0) is 19.4 Å². The van der Waals surface area contributed by atoms with Crippen LogP contribution in [-0.4, -0.2) is 40.0 Å². The number of carbonyl (C=O) groups is 2. The summed E-state index contributed by atoms with van der Waals surface area (Å²) < 4.78 is 0. The maximum Gasteiger partial charge on any atom is 0.354 e. The molecule has 1 aromatic heterocycles. The minimum absolute atomic E-state index is 0.0510. The van der Waals surface area contributed by atoms with E-state index in [0.29, 0.717) is 13.0 Å². The van der Waals surface area contributed by atoms with Crippen LogP contribution in [0.1, 0.15) is 23.8 Å². The number of rotatable bonds is 4. The van der Waals surface area contributed by atoms with Crippen LogP contribution in [0.15, 0.2) is 12.1 Å². The van der Waals surface area contributed by atoms with Gasteiger partial charge in [-0.1, -0.05) is 0 Å². The van der Waals surface area contributed by atoms with Gasteiger partial charge >= 0.3 is 11.7 Å². The van der Waals surface area contributed by atoms with Gasteiger partial charge in [0.05, 0.1) is 10.3 Å². The summed E-state index contributed by atoms with van der Waals surface area (Å²) in [6.45, 7) is 2.18. The van der Waals surface area contributed by atoms with Crippen molar-refractivity contribution in [3.8, 4) is 0 Å². The SMILES string of the molecule is CC1(C(N)=O)CCN(c2nc(C(=O)O)ccc2[N+](=O)[O-])C1. The van der Waals surface area contributed by atoms with Crippen LogP contribution in [0.2, 0.25) is 0 Å². The van der Waals surface area contributed by atoms with E-state index < -0.39 is 22.2 Å². The number of aromatic carboxylic acids is 1. The summed E-state index contributed by atoms with van der Waals surface area (Å²) in [5.41, 5.74) is 3.94. The molecule has 2 heterocycles. The number of primary amides is 1. The highest BCUT2D eigenvalue weighted by Crippen LogP contribution is 2.36. The van der Waals surface area contributed by atoms with Gasteiger partial charge < -0.3 is 15.7 Å². The van der Waals surface area contributed by atoms with Crippen LogP contribution in [0.4, 0.5) is 11.5 Å². The first-order valence-corrected chi connectivity index (χ1v) is 6.18. The van der Waals surface area contributed by atoms with Crippen molar-refractivity contribution < 1.29 is 19.6 Å². The van der Waals surface area contributed by atoms with E-state index in [1.165, 1.54) is 4.90 Å². The van der Waals surface area contributed by atoms with Crippen molar-refractivity contribution in [3.05, 3.63) is 27.9 Å². The van der Waals surface area contributed by atoms with Gasteiger partial charge in [0.15, 0.2) is 5.69 Å². The third kappa shape index (κ3) is 2.62. The largest absolute Gasteiger partial charge is 0.477 e. The summed E-state index contributed by atoms with van der Waals surface area (Å²) in [6, 6.07) is 2.18. The molecule has 1 amide bonds. The summed E-state index contributed by atoms with van der Waals surface area (Å²) in [5.74, 6) is -1.82. The first-order chi connectivity index (χ1) is 9.74. The van der Waals surface area contributed by atoms with Crippen molar-refractivity contribution in [1.29, 1.82) is 0 Å². The highest BCUT2D eigenvalue weighted by Gasteiger charge is 2.41. The Morgan fingerprint density at radius 2 is 2.19 bits per heavy atom. The number of carboxylic acid groups (broad SMARTS) is 1. The van der Waals surface area contributed by atoms with E-state index in [4.69, 9.17) is 10.8 Å². The molecule has 1 aliphatic rings. The number of aromatic nitrogens is 1. The number of carbonyl (C=O) groups excluding carboxylic acids is 1. The Hall–Kier alpha value is -2.71. The lowest BCUT2D eigenvalue weighted by Gasteiger charge is -2.21. The fourth-order valence-electron chi connectivity index (χ4n) is 2.28. The smallest absolute Gasteiger partial charge is 0.354 e. The molecule has 1 fully saturated rings. The number of carboxylic acids is 1. The zero-order chi connectivity index (χ0) is 15.8. The van der Waals surface area contributed by atoms with Crippen LogP contribution in [-0.2, 0) is 4.79 Å². The fraction of sp³-hybridized carbons (Fsp3) is 0.417. The predicted molar refractivity (Wildman–Crippen MR) is 72.0 cm³/mol. The Bertz CT molecular complexity index is 632. The number of pyridine rings is 1. The van der Waals surface area contributed by atoms with E-state index in [9.17, 15) is 19.7 Å². The lowest BCUT2D eigenvalue weighted by atomic mass is 9.89. The maximum absolute atomic E-state index is 11.4. The second-order valence-electron chi connectivity index (χ2n) is 5.20. The molecule has 1 saturated heterocycles. The molecule has 21 heavy (non-hydrogen) atoms. The lowest BCUT2D eigenvalue weighted by Crippen LogP contribution is -2.37. The van der Waals surface area contributed by atoms with E-state index >= 15 is 0 Å². The number of nitro groups is 1. The molecule has 0 radical (unpaired) electrons. The molecule has 112 valence electrons. The zero-order valence-corrected chi connectivity index (χ0v) is 11.3. The van der Waals surface area contributed by atoms with Crippen LogP contribution in [0.3, 0.4) is 0 Å². The number of nitrogens with two attached hydrogens (primary N) is 1. The van der Waals surface area contributed by atoms with Crippen molar-refractivity contribution in [3.63, 3.8) is 0 Å². The molecule has 0 bridgehead atoms. The first-order valence-electron chi connectivity index (χ1n) is 6.18. The molecule has 0 spiro atoms. The molecule has 1 unspecified atom stereocenters. The highest BCUT2D eigenvalue weighted by molar-refractivity contribution is 5.87. The second kappa shape index (κ2) is 5.00. The topological polar surface area (TPSA) is 140 Å². The third-order valence-electron chi connectivity index (χ3n) is 3.64. The lowest BCUT2D eigenvalue weighted by molar-refractivity contribution is -0.384. The van der Waals surface area contributed by atoms with E-state index in [0.717, 1.165) is 12.1 Å². The third-order valence-corrected chi connectivity index (χ3v) is 3.64. The molecular formula is C12H14N4O5. The zero-order valence-electron chi connectivity index (χ0n) is 11.3. The van der Waals surface area contributed by atoms with Crippen molar-refractivity contribution >= 4 is 23.4 Å². The van der Waals surface area contributed by atoms with Gasteiger partial charge in [0.2, 0.25) is 11.7 Å². The molecule has 1 aliphatic heterocycles. The molecule has 9 nitrogen and oxygen atoms in total. The Labute approximate surface area is 119 Å². The van der Waals surface area contributed by atoms with Crippen molar-refractivity contribution in [2.24, 2.45) is 11.1 Å². The van der Waals surface area contributed by atoms with Gasteiger partial charge in [0.25, 0.3) is 0 Å². The minimum Gasteiger partial charge on any atom is -0.477 e. The summed E-state index contributed by atoms with van der Waals surface area (Å²) in [6.07, 6.45) is 0.429. The van der Waals surface area contributed by atoms with E-state index in [1.807, 2.05) is 0 Å². The van der Waals surface area contributed by atoms with Crippen molar-refractivity contribution in [2.45, 2.75) is 13.3 Å². The molecule has 2 rings (SSSR count). The number of anilines is 1. The molecule has 3 N–H and O–H groups in total. The molecule has 0 aliphatic carbocycles. The van der Waals surface area contributed by atoms with Gasteiger partial charge in [-0.3, -0.25) is 14.9 Å². The standard InChI is InChI=1S/C12H14N4O5/c1-12(11(13)19)4-5-15(6-12)9-8(16(20)21)3-2-7(14-9)10(17)18/h2-3H,4-6H2,1H3,(H2,13,19)(H,17,18). The first kappa shape index (κ1) is 14.7. The molecule has 0 aromatic carbocycles. The minimum atomic E-state index is -1.27. The average Bonchev–Trinajstić information content (AvgIpc) is 2.82. The van der Waals surface area contributed by atoms with Gasteiger partial charge in [0, 0.05) is 19.2 Å². The average molecular weight is 294 g/mol. The van der Waals surface area contributed by atoms with Gasteiger partial charge in [-0.25, -0.2) is 9.78 Å². The predicted octanol–water partition coefficient (Wildman–Crippen LogP) is 0.390. The van der Waals surface area contributed by atoms with Crippen LogP contribution >= 0.6 is 0 Å². The van der Waals surface area contributed by atoms with Gasteiger partial charge in [-0.15, -0.1) is 0 Å². The van der Waals surface area contributed by atoms with Gasteiger partial charge in [0.1, 0.15) is 0 Å². The van der Waals surface area contributed by atoms with E-state index in [1.54, 1.807) is 6.92 Å². The second-order valence-corrected chi connectivity index (χ2v) is 5.20. The summed E-state index contributed by atoms with van der Waals surface area (Å²) in [5, 5.41) is 20.0. The quantitative estimate of drug-likeness (QED) is 0.604. The Morgan fingerprint density at radius 3 is 2.67 bits per heavy atom. The highest BCUT2D eigenvalue weighted by atomic mass is 16.6. The van der Waals surface area contributed by atoms with Crippen molar-refractivity contribution in [1.82, 2.24) is 4.98 Å². The molecular weight excluding hydrogens is 280 g/mol. The van der Waals surface area contributed by atoms with Crippen LogP contribution in [0.25, 0.3) is 0 Å². The fourth-order valence-corrected chi connectivity index (χ4v) is 2.28. The normalized spacial score (nSPS) is 21.3. The number of amides is 1. The number of nitrogens with zero attached hydrogens (tertiary/aromatic N) is 3. The van der Waals surface area contributed by atoms with E-state index in [2.05, 4.69) is 4.98 Å². The van der Waals surface area contributed by atoms with Crippen LogP contribution in [0, 0.1) is 15.5 Å². The molecule has 1 aromatic rings. The summed E-state index contributed by atoms with van der Waals surface area (Å²) >= 11 is 0. The maximum atomic E-state index is 11.4. The van der Waals surface area contributed by atoms with Crippen LogP contribution < -0.4 is 10.6 Å². The summed E-state index contributed by atoms with van der Waals surface area (Å²) in [4.78, 5) is 38.2. The molecule has 9 heteroatoms. The van der Waals surface area contributed by atoms with Gasteiger partial charge in [-0.2, -0.15) is 0 Å². The number of hydrogen-bond donors (Lipinski definition) is 2. The number of hydrogen-bond acceptors (Lipinski definition) is 6. The Morgan fingerprint density at radius 1 is 1.52 bits per heavy atom. The monoisotopic (exact) mass is 294 g/mol. The van der Waals surface area contributed by atoms with Crippen LogP contribution in [0.5, 0.6) is 0 Å². The summed E-state index contributed by atoms with van der Waals surface area (Å²) in [7, 11) is 0. The van der Waals surface area contributed by atoms with Crippen molar-refractivity contribution in [2.75, 3.05) is 18.0 Å². The van der Waals surface area contributed by atoms with E-state index in [-0.39, 0.29) is 23.7 Å².